The van der Waals surface area contributed by atoms with E-state index in [0.717, 1.165) is 10.5 Å². The van der Waals surface area contributed by atoms with Crippen LogP contribution in [0.3, 0.4) is 0 Å². The number of sulfonamides is 1. The van der Waals surface area contributed by atoms with Crippen LogP contribution in [0.4, 0.5) is 0 Å². The highest BCUT2D eigenvalue weighted by molar-refractivity contribution is 8.00. The van der Waals surface area contributed by atoms with Gasteiger partial charge in [-0.1, -0.05) is 35.9 Å². The van der Waals surface area contributed by atoms with Crippen LogP contribution in [-0.4, -0.2) is 32.9 Å². The molecule has 122 valence electrons. The molecule has 4 nitrogen and oxygen atoms in total. The molecule has 1 heterocycles. The Bertz CT molecular complexity index is 745. The minimum atomic E-state index is -3.53. The molecule has 6 heteroatoms. The Morgan fingerprint density at radius 1 is 1.04 bits per heavy atom. The number of hydrogen-bond donors (Lipinski definition) is 1. The predicted molar refractivity (Wildman–Crippen MR) is 92.2 cm³/mol. The molecule has 2 aromatic rings. The monoisotopic (exact) mass is 349 g/mol. The summed E-state index contributed by atoms with van der Waals surface area (Å²) >= 11 is 1.65. The summed E-state index contributed by atoms with van der Waals surface area (Å²) in [5, 5.41) is 0.0672. The summed E-state index contributed by atoms with van der Waals surface area (Å²) in [7, 11) is -3.53. The van der Waals surface area contributed by atoms with Crippen LogP contribution in [0.2, 0.25) is 0 Å². The second-order valence-electron chi connectivity index (χ2n) is 5.55. The molecular formula is C17H19NO3S2. The number of nitrogens with one attached hydrogen (secondary N) is 1. The molecule has 0 bridgehead atoms. The first kappa shape index (κ1) is 16.5. The average molecular weight is 349 g/mol. The van der Waals surface area contributed by atoms with E-state index in [9.17, 15) is 8.42 Å². The van der Waals surface area contributed by atoms with Gasteiger partial charge < -0.3 is 4.74 Å². The van der Waals surface area contributed by atoms with Gasteiger partial charge >= 0.3 is 0 Å². The molecule has 0 radical (unpaired) electrons. The van der Waals surface area contributed by atoms with Crippen molar-refractivity contribution in [3.8, 4) is 0 Å². The molecule has 0 unspecified atom stereocenters. The fourth-order valence-electron chi connectivity index (χ4n) is 2.42. The lowest BCUT2D eigenvalue weighted by Gasteiger charge is -2.18. The summed E-state index contributed by atoms with van der Waals surface area (Å²) in [6, 6.07) is 16.6. The number of benzene rings is 2. The third-order valence-corrected chi connectivity index (χ3v) is 6.51. The van der Waals surface area contributed by atoms with E-state index < -0.39 is 10.0 Å². The molecule has 0 amide bonds. The minimum absolute atomic E-state index is 0.0672. The van der Waals surface area contributed by atoms with Gasteiger partial charge in [0, 0.05) is 4.90 Å². The van der Waals surface area contributed by atoms with Crippen molar-refractivity contribution in [3.05, 3.63) is 60.2 Å². The van der Waals surface area contributed by atoms with Gasteiger partial charge in [-0.25, -0.2) is 13.1 Å². The number of hydrogen-bond acceptors (Lipinski definition) is 4. The van der Waals surface area contributed by atoms with Crippen LogP contribution in [-0.2, 0) is 14.8 Å². The molecule has 0 aliphatic carbocycles. The Balaban J connectivity index is 1.72. The topological polar surface area (TPSA) is 55.4 Å². The largest absolute Gasteiger partial charge is 0.379 e. The molecule has 1 N–H and O–H groups in total. The Labute approximate surface area is 141 Å². The van der Waals surface area contributed by atoms with Gasteiger partial charge in [0.2, 0.25) is 10.0 Å². The first-order chi connectivity index (χ1) is 11.0. The lowest BCUT2D eigenvalue weighted by atomic mass is 10.2. The maximum absolute atomic E-state index is 12.5. The van der Waals surface area contributed by atoms with Crippen molar-refractivity contribution in [1.82, 2.24) is 4.72 Å². The van der Waals surface area contributed by atoms with Crippen LogP contribution >= 0.6 is 11.8 Å². The van der Waals surface area contributed by atoms with Gasteiger partial charge in [0.25, 0.3) is 0 Å². The van der Waals surface area contributed by atoms with Gasteiger partial charge in [-0.05, 0) is 31.2 Å². The zero-order valence-corrected chi connectivity index (χ0v) is 14.4. The molecular weight excluding hydrogens is 330 g/mol. The van der Waals surface area contributed by atoms with Crippen LogP contribution in [0.5, 0.6) is 0 Å². The van der Waals surface area contributed by atoms with Gasteiger partial charge in [0.15, 0.2) is 0 Å². The van der Waals surface area contributed by atoms with Gasteiger partial charge in [-0.3, -0.25) is 0 Å². The number of thioether (sulfide) groups is 1. The van der Waals surface area contributed by atoms with Crippen molar-refractivity contribution in [2.24, 2.45) is 0 Å². The Morgan fingerprint density at radius 2 is 1.74 bits per heavy atom. The first-order valence-electron chi connectivity index (χ1n) is 7.43. The highest BCUT2D eigenvalue weighted by atomic mass is 32.2. The molecule has 2 atom stereocenters. The van der Waals surface area contributed by atoms with Crippen LogP contribution < -0.4 is 4.72 Å². The third-order valence-electron chi connectivity index (χ3n) is 3.70. The van der Waals surface area contributed by atoms with Crippen LogP contribution in [0, 0.1) is 6.92 Å². The Hall–Kier alpha value is -1.34. The molecule has 0 aromatic heterocycles. The van der Waals surface area contributed by atoms with Crippen molar-refractivity contribution >= 4 is 21.8 Å². The first-order valence-corrected chi connectivity index (χ1v) is 9.79. The van der Waals surface area contributed by atoms with Crippen LogP contribution in [0.25, 0.3) is 0 Å². The van der Waals surface area contributed by atoms with E-state index in [2.05, 4.69) is 4.72 Å². The summed E-state index contributed by atoms with van der Waals surface area (Å²) in [6.07, 6.45) is 0. The summed E-state index contributed by atoms with van der Waals surface area (Å²) in [5.74, 6) is 0. The Morgan fingerprint density at radius 3 is 2.43 bits per heavy atom. The average Bonchev–Trinajstić information content (AvgIpc) is 2.95. The number of rotatable bonds is 5. The van der Waals surface area contributed by atoms with Gasteiger partial charge in [-0.2, -0.15) is 0 Å². The van der Waals surface area contributed by atoms with Crippen LogP contribution in [0.15, 0.2) is 64.4 Å². The zero-order chi connectivity index (χ0) is 16.3. The lowest BCUT2D eigenvalue weighted by Crippen LogP contribution is -2.41. The van der Waals surface area contributed by atoms with Gasteiger partial charge in [0.05, 0.1) is 29.4 Å². The molecule has 0 spiro atoms. The maximum atomic E-state index is 12.5. The molecule has 3 rings (SSSR count). The molecule has 0 saturated carbocycles. The lowest BCUT2D eigenvalue weighted by molar-refractivity contribution is 0.193. The normalized spacial score (nSPS) is 21.4. The molecule has 2 aromatic carbocycles. The van der Waals surface area contributed by atoms with E-state index >= 15 is 0 Å². The maximum Gasteiger partial charge on any atom is 0.240 e. The van der Waals surface area contributed by atoms with E-state index in [1.165, 1.54) is 0 Å². The van der Waals surface area contributed by atoms with Crippen molar-refractivity contribution < 1.29 is 13.2 Å². The fraction of sp³-hybridized carbons (Fsp3) is 0.294. The van der Waals surface area contributed by atoms with Crippen molar-refractivity contribution in [2.45, 2.75) is 28.0 Å². The van der Waals surface area contributed by atoms with E-state index in [0.29, 0.717) is 18.1 Å². The van der Waals surface area contributed by atoms with Crippen molar-refractivity contribution in [1.29, 1.82) is 0 Å². The minimum Gasteiger partial charge on any atom is -0.379 e. The highest BCUT2D eigenvalue weighted by Crippen LogP contribution is 2.29. The van der Waals surface area contributed by atoms with Gasteiger partial charge in [0.1, 0.15) is 0 Å². The Kier molecular flexibility index (Phi) is 5.06. The molecule has 1 saturated heterocycles. The zero-order valence-electron chi connectivity index (χ0n) is 12.8. The second-order valence-corrected chi connectivity index (χ2v) is 8.57. The molecule has 1 aliphatic rings. The van der Waals surface area contributed by atoms with E-state index in [-0.39, 0.29) is 11.3 Å². The standard InChI is InChI=1S/C17H19NO3S2/c1-13-7-9-15(10-8-13)23(19,20)18-16-11-21-12-17(16)22-14-5-3-2-4-6-14/h2-10,16-18H,11-12H2,1H3/t16-,17-/m0/s1. The predicted octanol–water partition coefficient (Wildman–Crippen LogP) is 2.83. The van der Waals surface area contributed by atoms with E-state index in [4.69, 9.17) is 4.74 Å². The van der Waals surface area contributed by atoms with Crippen molar-refractivity contribution in [2.75, 3.05) is 13.2 Å². The number of ether oxygens (including phenoxy) is 1. The smallest absolute Gasteiger partial charge is 0.240 e. The summed E-state index contributed by atoms with van der Waals surface area (Å²) in [6.45, 7) is 2.87. The highest BCUT2D eigenvalue weighted by Gasteiger charge is 2.32. The van der Waals surface area contributed by atoms with Gasteiger partial charge in [-0.15, -0.1) is 11.8 Å². The second kappa shape index (κ2) is 7.05. The summed E-state index contributed by atoms with van der Waals surface area (Å²) in [4.78, 5) is 1.40. The van der Waals surface area contributed by atoms with Crippen LogP contribution in [0.1, 0.15) is 5.56 Å². The quantitative estimate of drug-likeness (QED) is 0.902. The molecule has 23 heavy (non-hydrogen) atoms. The summed E-state index contributed by atoms with van der Waals surface area (Å²) < 4.78 is 33.3. The van der Waals surface area contributed by atoms with E-state index in [1.54, 1.807) is 36.0 Å². The molecule has 1 aliphatic heterocycles. The molecule has 1 fully saturated rings. The fourth-order valence-corrected chi connectivity index (χ4v) is 4.91. The van der Waals surface area contributed by atoms with Crippen molar-refractivity contribution in [3.63, 3.8) is 0 Å². The third kappa shape index (κ3) is 4.14. The summed E-state index contributed by atoms with van der Waals surface area (Å²) in [5.41, 5.74) is 1.03. The SMILES string of the molecule is Cc1ccc(S(=O)(=O)N[C@H]2COC[C@@H]2Sc2ccccc2)cc1. The van der Waals surface area contributed by atoms with E-state index in [1.807, 2.05) is 37.3 Å². The number of aryl methyl sites for hydroxylation is 1.